The highest BCUT2D eigenvalue weighted by Gasteiger charge is 2.14. The number of hydrogen-bond acceptors (Lipinski definition) is 2. The third-order valence-corrected chi connectivity index (χ3v) is 3.51. The van der Waals surface area contributed by atoms with Gasteiger partial charge in [0.25, 0.3) is 0 Å². The predicted octanol–water partition coefficient (Wildman–Crippen LogP) is 2.94. The van der Waals surface area contributed by atoms with Crippen LogP contribution in [0.15, 0.2) is 54.9 Å². The molecule has 1 atom stereocenters. The van der Waals surface area contributed by atoms with Gasteiger partial charge in [0, 0.05) is 11.8 Å². The van der Waals surface area contributed by atoms with Gasteiger partial charge in [0.1, 0.15) is 0 Å². The Labute approximate surface area is 112 Å². The fourth-order valence-electron chi connectivity index (χ4n) is 2.38. The molecule has 0 saturated heterocycles. The second-order valence-corrected chi connectivity index (χ2v) is 4.71. The van der Waals surface area contributed by atoms with Crippen molar-refractivity contribution < 1.29 is 0 Å². The van der Waals surface area contributed by atoms with Gasteiger partial charge in [-0.1, -0.05) is 37.3 Å². The van der Waals surface area contributed by atoms with Crippen molar-refractivity contribution in [1.29, 1.82) is 0 Å². The Morgan fingerprint density at radius 1 is 1.21 bits per heavy atom. The summed E-state index contributed by atoms with van der Waals surface area (Å²) in [5.41, 5.74) is 11.0. The van der Waals surface area contributed by atoms with E-state index in [0.717, 1.165) is 23.1 Å². The zero-order valence-electron chi connectivity index (χ0n) is 11.0. The number of aromatic nitrogens is 2. The maximum atomic E-state index is 6.40. The zero-order chi connectivity index (χ0) is 13.2. The van der Waals surface area contributed by atoms with Crippen LogP contribution in [-0.4, -0.2) is 9.61 Å². The highest BCUT2D eigenvalue weighted by atomic mass is 15.2. The first-order valence-corrected chi connectivity index (χ1v) is 6.56. The molecule has 0 amide bonds. The van der Waals surface area contributed by atoms with Crippen molar-refractivity contribution in [3.8, 4) is 0 Å². The maximum Gasteiger partial charge on any atom is 0.0712 e. The molecule has 19 heavy (non-hydrogen) atoms. The number of nitrogens with zero attached hydrogens (tertiary/aromatic N) is 2. The van der Waals surface area contributed by atoms with Crippen molar-refractivity contribution in [3.63, 3.8) is 0 Å². The van der Waals surface area contributed by atoms with Crippen LogP contribution in [-0.2, 0) is 6.42 Å². The molecule has 0 aliphatic heterocycles. The lowest BCUT2D eigenvalue weighted by atomic mass is 9.98. The van der Waals surface area contributed by atoms with Crippen molar-refractivity contribution in [2.45, 2.75) is 19.4 Å². The Kier molecular flexibility index (Phi) is 3.05. The minimum Gasteiger partial charge on any atom is -0.320 e. The van der Waals surface area contributed by atoms with Gasteiger partial charge in [-0.05, 0) is 29.7 Å². The van der Waals surface area contributed by atoms with Gasteiger partial charge < -0.3 is 5.73 Å². The molecule has 0 aliphatic carbocycles. The van der Waals surface area contributed by atoms with Crippen molar-refractivity contribution >= 4 is 5.52 Å². The number of aryl methyl sites for hydroxylation is 1. The van der Waals surface area contributed by atoms with Crippen LogP contribution >= 0.6 is 0 Å². The van der Waals surface area contributed by atoms with Crippen LogP contribution in [0.25, 0.3) is 5.52 Å². The van der Waals surface area contributed by atoms with Gasteiger partial charge in [-0.3, -0.25) is 0 Å². The van der Waals surface area contributed by atoms with Crippen LogP contribution < -0.4 is 5.73 Å². The molecule has 3 rings (SSSR count). The van der Waals surface area contributed by atoms with Gasteiger partial charge in [0.05, 0.1) is 17.8 Å². The first kappa shape index (κ1) is 11.9. The summed E-state index contributed by atoms with van der Waals surface area (Å²) in [4.78, 5) is 0. The monoisotopic (exact) mass is 251 g/mol. The molecule has 0 bridgehead atoms. The van der Waals surface area contributed by atoms with Crippen molar-refractivity contribution in [2.75, 3.05) is 0 Å². The number of pyridine rings is 1. The lowest BCUT2D eigenvalue weighted by Gasteiger charge is -2.12. The van der Waals surface area contributed by atoms with Crippen LogP contribution in [0.3, 0.4) is 0 Å². The van der Waals surface area contributed by atoms with Crippen LogP contribution in [0.2, 0.25) is 0 Å². The summed E-state index contributed by atoms with van der Waals surface area (Å²) in [5, 5.41) is 4.34. The van der Waals surface area contributed by atoms with E-state index in [4.69, 9.17) is 5.73 Å². The fourth-order valence-corrected chi connectivity index (χ4v) is 2.38. The summed E-state index contributed by atoms with van der Waals surface area (Å²) in [6.45, 7) is 2.15. The first-order valence-electron chi connectivity index (χ1n) is 6.56. The molecule has 0 fully saturated rings. The average molecular weight is 251 g/mol. The summed E-state index contributed by atoms with van der Waals surface area (Å²) in [6.07, 6.45) is 4.82. The van der Waals surface area contributed by atoms with Gasteiger partial charge in [-0.2, -0.15) is 5.10 Å². The lowest BCUT2D eigenvalue weighted by molar-refractivity contribution is 0.875. The average Bonchev–Trinajstić information content (AvgIpc) is 2.90. The quantitative estimate of drug-likeness (QED) is 0.777. The topological polar surface area (TPSA) is 43.3 Å². The summed E-state index contributed by atoms with van der Waals surface area (Å²) in [6, 6.07) is 14.3. The third kappa shape index (κ3) is 2.13. The molecule has 0 saturated carbocycles. The highest BCUT2D eigenvalue weighted by molar-refractivity contribution is 5.57. The van der Waals surface area contributed by atoms with E-state index in [9.17, 15) is 0 Å². The number of hydrogen-bond donors (Lipinski definition) is 1. The minimum atomic E-state index is -0.133. The van der Waals surface area contributed by atoms with Crippen LogP contribution in [0, 0.1) is 0 Å². The third-order valence-electron chi connectivity index (χ3n) is 3.51. The first-order chi connectivity index (χ1) is 9.29. The standard InChI is InChI=1S/C16H17N3/c1-2-12-6-5-7-13(10-12)16(17)14-11-18-19-9-4-3-8-15(14)19/h3-11,16H,2,17H2,1H3. The van der Waals surface area contributed by atoms with E-state index >= 15 is 0 Å². The Hall–Kier alpha value is -2.13. The maximum absolute atomic E-state index is 6.40. The fraction of sp³-hybridized carbons (Fsp3) is 0.188. The molecule has 0 radical (unpaired) electrons. The largest absolute Gasteiger partial charge is 0.320 e. The highest BCUT2D eigenvalue weighted by Crippen LogP contribution is 2.24. The summed E-state index contributed by atoms with van der Waals surface area (Å²) < 4.78 is 1.86. The smallest absolute Gasteiger partial charge is 0.0712 e. The molecule has 1 aromatic carbocycles. The van der Waals surface area contributed by atoms with Crippen molar-refractivity contribution in [3.05, 3.63) is 71.5 Å². The number of nitrogens with two attached hydrogens (primary N) is 1. The van der Waals surface area contributed by atoms with Gasteiger partial charge in [0.15, 0.2) is 0 Å². The molecule has 1 unspecified atom stereocenters. The molecule has 0 spiro atoms. The predicted molar refractivity (Wildman–Crippen MR) is 77.0 cm³/mol. The Bertz CT molecular complexity index is 700. The van der Waals surface area contributed by atoms with Gasteiger partial charge in [0.2, 0.25) is 0 Å². The van der Waals surface area contributed by atoms with E-state index in [-0.39, 0.29) is 6.04 Å². The summed E-state index contributed by atoms with van der Waals surface area (Å²) >= 11 is 0. The minimum absolute atomic E-state index is 0.133. The van der Waals surface area contributed by atoms with Gasteiger partial charge >= 0.3 is 0 Å². The molecular weight excluding hydrogens is 234 g/mol. The number of rotatable bonds is 3. The van der Waals surface area contributed by atoms with Gasteiger partial charge in [-0.25, -0.2) is 4.52 Å². The molecule has 2 heterocycles. The SMILES string of the molecule is CCc1cccc(C(N)c2cnn3ccccc23)c1. The molecule has 3 aromatic rings. The van der Waals surface area contributed by atoms with E-state index in [2.05, 4.69) is 36.3 Å². The molecule has 2 aromatic heterocycles. The molecule has 3 nitrogen and oxygen atoms in total. The Morgan fingerprint density at radius 3 is 2.95 bits per heavy atom. The van der Waals surface area contributed by atoms with E-state index in [0.29, 0.717) is 0 Å². The normalized spacial score (nSPS) is 12.7. The Balaban J connectivity index is 2.05. The zero-order valence-corrected chi connectivity index (χ0v) is 11.0. The second-order valence-electron chi connectivity index (χ2n) is 4.71. The second kappa shape index (κ2) is 4.86. The van der Waals surface area contributed by atoms with Crippen molar-refractivity contribution in [2.24, 2.45) is 5.73 Å². The number of benzene rings is 1. The van der Waals surface area contributed by atoms with E-state index in [1.165, 1.54) is 5.56 Å². The van der Waals surface area contributed by atoms with Gasteiger partial charge in [-0.15, -0.1) is 0 Å². The lowest BCUT2D eigenvalue weighted by Crippen LogP contribution is -2.11. The molecule has 0 aliphatic rings. The summed E-state index contributed by atoms with van der Waals surface area (Å²) in [5.74, 6) is 0. The summed E-state index contributed by atoms with van der Waals surface area (Å²) in [7, 11) is 0. The number of fused-ring (bicyclic) bond motifs is 1. The molecule has 3 heteroatoms. The van der Waals surface area contributed by atoms with Crippen molar-refractivity contribution in [1.82, 2.24) is 9.61 Å². The van der Waals surface area contributed by atoms with E-state index in [1.54, 1.807) is 0 Å². The molecule has 2 N–H and O–H groups in total. The van der Waals surface area contributed by atoms with Crippen LogP contribution in [0.4, 0.5) is 0 Å². The van der Waals surface area contributed by atoms with Crippen LogP contribution in [0.5, 0.6) is 0 Å². The van der Waals surface area contributed by atoms with E-state index in [1.807, 2.05) is 35.1 Å². The Morgan fingerprint density at radius 2 is 2.11 bits per heavy atom. The molecule has 96 valence electrons. The molecular formula is C16H17N3. The van der Waals surface area contributed by atoms with Crippen LogP contribution in [0.1, 0.15) is 29.7 Å². The van der Waals surface area contributed by atoms with E-state index < -0.39 is 0 Å².